The molecule has 0 unspecified atom stereocenters. The third-order valence-corrected chi connectivity index (χ3v) is 4.26. The number of nitrogens with zero attached hydrogens (tertiary/aromatic N) is 3. The minimum atomic E-state index is -0.240. The monoisotopic (exact) mass is 316 g/mol. The van der Waals surface area contributed by atoms with Crippen LogP contribution < -0.4 is 14.8 Å². The Kier molecular flexibility index (Phi) is 2.97. The molecule has 0 radical (unpaired) electrons. The molecular formula is C14H12N4O3S. The van der Waals surface area contributed by atoms with E-state index in [9.17, 15) is 4.79 Å². The van der Waals surface area contributed by atoms with Crippen LogP contribution in [0.3, 0.4) is 0 Å². The van der Waals surface area contributed by atoms with E-state index in [1.165, 1.54) is 16.0 Å². The number of nitrogens with one attached hydrogen (secondary N) is 1. The van der Waals surface area contributed by atoms with Gasteiger partial charge in [-0.1, -0.05) is 11.3 Å². The van der Waals surface area contributed by atoms with Crippen LogP contribution in [0.1, 0.15) is 10.5 Å². The van der Waals surface area contributed by atoms with Gasteiger partial charge in [-0.2, -0.15) is 5.10 Å². The van der Waals surface area contributed by atoms with E-state index < -0.39 is 0 Å². The van der Waals surface area contributed by atoms with Gasteiger partial charge >= 0.3 is 0 Å². The van der Waals surface area contributed by atoms with E-state index in [2.05, 4.69) is 15.4 Å². The van der Waals surface area contributed by atoms with Gasteiger partial charge < -0.3 is 9.47 Å². The first-order valence-corrected chi connectivity index (χ1v) is 7.52. The van der Waals surface area contributed by atoms with Crippen LogP contribution in [0, 0.1) is 0 Å². The number of carbonyl (C=O) groups is 1. The van der Waals surface area contributed by atoms with E-state index in [-0.39, 0.29) is 5.91 Å². The fourth-order valence-electron chi connectivity index (χ4n) is 2.28. The molecule has 0 saturated carbocycles. The number of benzene rings is 1. The van der Waals surface area contributed by atoms with Crippen LogP contribution in [0.25, 0.3) is 10.2 Å². The van der Waals surface area contributed by atoms with Gasteiger partial charge in [0.1, 0.15) is 18.9 Å². The second-order valence-electron chi connectivity index (χ2n) is 4.78. The minimum absolute atomic E-state index is 0.240. The Labute approximate surface area is 129 Å². The molecule has 4 rings (SSSR count). The van der Waals surface area contributed by atoms with Gasteiger partial charge in [-0.25, -0.2) is 4.98 Å². The van der Waals surface area contributed by atoms with Gasteiger partial charge in [-0.15, -0.1) is 0 Å². The van der Waals surface area contributed by atoms with Crippen LogP contribution in [0.15, 0.2) is 24.4 Å². The number of carbonyl (C=O) groups excluding carboxylic acids is 1. The highest BCUT2D eigenvalue weighted by molar-refractivity contribution is 7.22. The zero-order valence-electron chi connectivity index (χ0n) is 11.7. The lowest BCUT2D eigenvalue weighted by molar-refractivity contribution is 0.101. The Morgan fingerprint density at radius 2 is 2.09 bits per heavy atom. The van der Waals surface area contributed by atoms with Crippen molar-refractivity contribution in [3.63, 3.8) is 0 Å². The molecule has 1 aliphatic heterocycles. The topological polar surface area (TPSA) is 78.3 Å². The predicted octanol–water partition coefficient (Wildman–Crippen LogP) is 2.05. The summed E-state index contributed by atoms with van der Waals surface area (Å²) in [5.41, 5.74) is 1.25. The highest BCUT2D eigenvalue weighted by atomic mass is 32.1. The van der Waals surface area contributed by atoms with E-state index >= 15 is 0 Å². The normalized spacial score (nSPS) is 13.3. The first kappa shape index (κ1) is 13.1. The Morgan fingerprint density at radius 1 is 1.32 bits per heavy atom. The van der Waals surface area contributed by atoms with Gasteiger partial charge in [0.05, 0.1) is 10.2 Å². The number of aryl methyl sites for hydroxylation is 1. The van der Waals surface area contributed by atoms with Gasteiger partial charge in [0.15, 0.2) is 16.6 Å². The molecule has 0 aliphatic carbocycles. The Morgan fingerprint density at radius 3 is 2.82 bits per heavy atom. The van der Waals surface area contributed by atoms with Gasteiger partial charge in [-0.05, 0) is 6.07 Å². The summed E-state index contributed by atoms with van der Waals surface area (Å²) in [6.07, 6.45) is 1.58. The number of rotatable bonds is 2. The van der Waals surface area contributed by atoms with E-state index in [0.717, 1.165) is 10.2 Å². The highest BCUT2D eigenvalue weighted by Gasteiger charge is 2.17. The molecule has 0 bridgehead atoms. The molecule has 3 aromatic rings. The molecule has 3 heterocycles. The van der Waals surface area contributed by atoms with Crippen LogP contribution in [0.2, 0.25) is 0 Å². The van der Waals surface area contributed by atoms with Crippen LogP contribution in [0.5, 0.6) is 11.5 Å². The van der Waals surface area contributed by atoms with Crippen molar-refractivity contribution in [2.45, 2.75) is 0 Å². The summed E-state index contributed by atoms with van der Waals surface area (Å²) in [5, 5.41) is 7.30. The van der Waals surface area contributed by atoms with E-state index in [1.807, 2.05) is 12.1 Å². The fourth-order valence-corrected chi connectivity index (χ4v) is 3.15. The molecule has 0 saturated heterocycles. The molecule has 0 spiro atoms. The molecule has 22 heavy (non-hydrogen) atoms. The molecule has 1 N–H and O–H groups in total. The highest BCUT2D eigenvalue weighted by Crippen LogP contribution is 2.37. The number of anilines is 1. The third-order valence-electron chi connectivity index (χ3n) is 3.33. The lowest BCUT2D eigenvalue weighted by Gasteiger charge is -2.17. The van der Waals surface area contributed by atoms with Crippen molar-refractivity contribution in [2.24, 2.45) is 7.05 Å². The van der Waals surface area contributed by atoms with Crippen molar-refractivity contribution in [1.29, 1.82) is 0 Å². The molecule has 7 nitrogen and oxygen atoms in total. The van der Waals surface area contributed by atoms with E-state index in [1.54, 1.807) is 19.3 Å². The molecule has 1 aliphatic rings. The molecular weight excluding hydrogens is 304 g/mol. The average Bonchev–Trinajstić information content (AvgIpc) is 3.09. The van der Waals surface area contributed by atoms with Crippen molar-refractivity contribution in [1.82, 2.24) is 14.8 Å². The maximum atomic E-state index is 12.2. The molecule has 1 amide bonds. The minimum Gasteiger partial charge on any atom is -0.486 e. The predicted molar refractivity (Wildman–Crippen MR) is 81.8 cm³/mol. The van der Waals surface area contributed by atoms with Gasteiger partial charge in [-0.3, -0.25) is 14.8 Å². The van der Waals surface area contributed by atoms with Crippen LogP contribution >= 0.6 is 11.3 Å². The summed E-state index contributed by atoms with van der Waals surface area (Å²) < 4.78 is 13.5. The third kappa shape index (κ3) is 2.17. The zero-order valence-corrected chi connectivity index (χ0v) is 12.5. The molecule has 0 fully saturated rings. The van der Waals surface area contributed by atoms with Gasteiger partial charge in [0.2, 0.25) is 0 Å². The molecule has 0 atom stereocenters. The maximum Gasteiger partial charge on any atom is 0.275 e. The van der Waals surface area contributed by atoms with Crippen LogP contribution in [-0.2, 0) is 7.05 Å². The number of hydrogen-bond donors (Lipinski definition) is 1. The first-order chi connectivity index (χ1) is 10.7. The quantitative estimate of drug-likeness (QED) is 0.783. The van der Waals surface area contributed by atoms with Crippen molar-refractivity contribution in [2.75, 3.05) is 18.5 Å². The van der Waals surface area contributed by atoms with Crippen LogP contribution in [0.4, 0.5) is 5.13 Å². The number of amides is 1. The van der Waals surface area contributed by atoms with Crippen molar-refractivity contribution in [3.8, 4) is 11.5 Å². The van der Waals surface area contributed by atoms with Crippen LogP contribution in [-0.4, -0.2) is 33.9 Å². The molecule has 8 heteroatoms. The second-order valence-corrected chi connectivity index (χ2v) is 5.81. The second kappa shape index (κ2) is 4.99. The number of ether oxygens (including phenoxy) is 2. The van der Waals surface area contributed by atoms with Gasteiger partial charge in [0, 0.05) is 25.4 Å². The maximum absolute atomic E-state index is 12.2. The Bertz CT molecular complexity index is 827. The first-order valence-electron chi connectivity index (χ1n) is 6.70. The largest absolute Gasteiger partial charge is 0.486 e. The number of fused-ring (bicyclic) bond motifs is 2. The fraction of sp³-hybridized carbons (Fsp3) is 0.214. The Balaban J connectivity index is 1.65. The summed E-state index contributed by atoms with van der Waals surface area (Å²) in [4.78, 5) is 16.6. The molecule has 2 aromatic heterocycles. The lowest BCUT2D eigenvalue weighted by atomic mass is 10.3. The number of hydrogen-bond acceptors (Lipinski definition) is 6. The summed E-state index contributed by atoms with van der Waals surface area (Å²) in [6, 6.07) is 5.38. The number of aromatic nitrogens is 3. The molecule has 1 aromatic carbocycles. The average molecular weight is 316 g/mol. The van der Waals surface area contributed by atoms with Crippen molar-refractivity contribution >= 4 is 32.6 Å². The van der Waals surface area contributed by atoms with Crippen molar-refractivity contribution in [3.05, 3.63) is 30.1 Å². The SMILES string of the molecule is Cn1nccc1C(=O)Nc1nc2cc3c(cc2s1)OCCO3. The Hall–Kier alpha value is -2.61. The lowest BCUT2D eigenvalue weighted by Crippen LogP contribution is -2.15. The summed E-state index contributed by atoms with van der Waals surface area (Å²) in [5.74, 6) is 1.16. The van der Waals surface area contributed by atoms with Crippen molar-refractivity contribution < 1.29 is 14.3 Å². The van der Waals surface area contributed by atoms with Gasteiger partial charge in [0.25, 0.3) is 5.91 Å². The standard InChI is InChI=1S/C14H12N4O3S/c1-18-9(2-3-15-18)13(19)17-14-16-8-6-10-11(7-12(8)22-14)21-5-4-20-10/h2-3,6-7H,4-5H2,1H3,(H,16,17,19). The summed E-state index contributed by atoms with van der Waals surface area (Å²) in [7, 11) is 1.72. The smallest absolute Gasteiger partial charge is 0.275 e. The van der Waals surface area contributed by atoms with E-state index in [0.29, 0.717) is 35.5 Å². The number of thiazole rings is 1. The summed E-state index contributed by atoms with van der Waals surface area (Å²) >= 11 is 1.39. The van der Waals surface area contributed by atoms with E-state index in [4.69, 9.17) is 9.47 Å². The zero-order chi connectivity index (χ0) is 15.1. The summed E-state index contributed by atoms with van der Waals surface area (Å²) in [6.45, 7) is 1.08. The molecule has 112 valence electrons.